The predicted octanol–water partition coefficient (Wildman–Crippen LogP) is -0.753. The molecule has 0 spiro atoms. The summed E-state index contributed by atoms with van der Waals surface area (Å²) in [7, 11) is 0. The van der Waals surface area contributed by atoms with Gasteiger partial charge in [-0.05, 0) is 0 Å². The van der Waals surface area contributed by atoms with Gasteiger partial charge in [0.2, 0.25) is 0 Å². The Balaban J connectivity index is 0.000000902. The first-order valence-electron chi connectivity index (χ1n) is 6.81. The maximum atomic E-state index is 2.46. The van der Waals surface area contributed by atoms with Crippen molar-refractivity contribution in [2.24, 2.45) is 0 Å². The van der Waals surface area contributed by atoms with Gasteiger partial charge in [0.25, 0.3) is 0 Å². The quantitative estimate of drug-likeness (QED) is 0.584. The van der Waals surface area contributed by atoms with Gasteiger partial charge in [-0.1, -0.05) is 0 Å². The zero-order valence-corrected chi connectivity index (χ0v) is 15.3. The second-order valence-electron chi connectivity index (χ2n) is 5.97. The molecule has 0 atom stereocenters. The summed E-state index contributed by atoms with van der Waals surface area (Å²) in [4.78, 5) is 0. The van der Waals surface area contributed by atoms with Crippen molar-refractivity contribution in [3.8, 4) is 0 Å². The van der Waals surface area contributed by atoms with Gasteiger partial charge in [0.15, 0.2) is 0 Å². The molecule has 1 saturated heterocycles. The second-order valence-corrected chi connectivity index (χ2v) is 12.8. The van der Waals surface area contributed by atoms with Crippen LogP contribution in [-0.2, 0) is 16.6 Å². The van der Waals surface area contributed by atoms with Crippen molar-refractivity contribution in [2.45, 2.75) is 50.0 Å². The standard InChI is InChI=1S/2C7H9.C2H4.2ClH.Ti/c2*1-6-4-3-5-7(6)2;1-2;;;/h2*4H,3H2,1-2H3;1-2H2;2*1H;/q;;;;;+2/p-2. The van der Waals surface area contributed by atoms with E-state index in [4.69, 9.17) is 0 Å². The van der Waals surface area contributed by atoms with E-state index >= 15 is 0 Å². The van der Waals surface area contributed by atoms with E-state index in [1.54, 1.807) is 31.7 Å². The van der Waals surface area contributed by atoms with Crippen LogP contribution in [0.2, 0.25) is 9.45 Å². The van der Waals surface area contributed by atoms with Crippen LogP contribution in [0.15, 0.2) is 42.2 Å². The normalized spacial score (nSPS) is 22.1. The Morgan fingerprint density at radius 1 is 0.737 bits per heavy atom. The average Bonchev–Trinajstić information content (AvgIpc) is 2.93. The molecule has 0 saturated carbocycles. The van der Waals surface area contributed by atoms with E-state index in [1.807, 2.05) is 7.76 Å². The maximum Gasteiger partial charge on any atom is -1.00 e. The summed E-state index contributed by atoms with van der Waals surface area (Å²) in [6.07, 6.45) is 7.49. The van der Waals surface area contributed by atoms with Gasteiger partial charge < -0.3 is 24.8 Å². The minimum atomic E-state index is -1.71. The SMILES string of the molecule is CC1=CC[C]([Ti+2]2([C]3=C(C)C(C)=CC3)[CH2][CH2]2)=C1C.[Cl-].[Cl-]. The molecule has 0 nitrogen and oxygen atoms in total. The summed E-state index contributed by atoms with van der Waals surface area (Å²) in [6.45, 7) is 9.31. The minimum Gasteiger partial charge on any atom is -1.00 e. The molecule has 0 aromatic rings. The molecule has 0 aromatic carbocycles. The molecule has 2 aliphatic carbocycles. The fraction of sp³-hybridized carbons (Fsp3) is 0.500. The topological polar surface area (TPSA) is 0 Å². The molecular weight excluding hydrogens is 311 g/mol. The summed E-state index contributed by atoms with van der Waals surface area (Å²) in [6, 6.07) is 0. The van der Waals surface area contributed by atoms with Crippen LogP contribution in [0.3, 0.4) is 0 Å². The van der Waals surface area contributed by atoms with Gasteiger partial charge in [0.05, 0.1) is 0 Å². The summed E-state index contributed by atoms with van der Waals surface area (Å²) in [5.74, 6) is 0. The van der Waals surface area contributed by atoms with E-state index < -0.39 is 16.6 Å². The van der Waals surface area contributed by atoms with Crippen LogP contribution in [0.1, 0.15) is 40.5 Å². The first kappa shape index (κ1) is 17.3. The smallest absolute Gasteiger partial charge is 1.00 e. The first-order chi connectivity index (χ1) is 8.06. The summed E-state index contributed by atoms with van der Waals surface area (Å²) in [5.41, 5.74) is 6.43. The Hall–Kier alpha value is 0.254. The minimum absolute atomic E-state index is 0. The molecule has 0 unspecified atom stereocenters. The fourth-order valence-corrected chi connectivity index (χ4v) is 12.5. The molecule has 1 fully saturated rings. The van der Waals surface area contributed by atoms with Crippen LogP contribution >= 0.6 is 0 Å². The Morgan fingerprint density at radius 3 is 1.32 bits per heavy atom. The van der Waals surface area contributed by atoms with Crippen LogP contribution in [0, 0.1) is 0 Å². The van der Waals surface area contributed by atoms with Gasteiger partial charge in [0, 0.05) is 0 Å². The fourth-order valence-electron chi connectivity index (χ4n) is 3.62. The number of rotatable bonds is 2. The first-order valence-corrected chi connectivity index (χ1v) is 10.6. The van der Waals surface area contributed by atoms with Gasteiger partial charge in [0.1, 0.15) is 0 Å². The molecule has 1 heterocycles. The Morgan fingerprint density at radius 2 is 1.11 bits per heavy atom. The van der Waals surface area contributed by atoms with Gasteiger partial charge in [-0.2, -0.15) is 0 Å². The molecule has 0 radical (unpaired) electrons. The Kier molecular flexibility index (Phi) is 5.41. The molecule has 3 aliphatic rings. The molecule has 104 valence electrons. The van der Waals surface area contributed by atoms with Crippen molar-refractivity contribution in [1.82, 2.24) is 0 Å². The summed E-state index contributed by atoms with van der Waals surface area (Å²) >= 11 is -1.71. The van der Waals surface area contributed by atoms with E-state index in [0.29, 0.717) is 0 Å². The maximum absolute atomic E-state index is 2.46. The number of hydrogen-bond donors (Lipinski definition) is 0. The molecule has 3 heteroatoms. The van der Waals surface area contributed by atoms with Crippen LogP contribution in [-0.4, -0.2) is 0 Å². The zero-order chi connectivity index (χ0) is 12.2. The average molecular weight is 333 g/mol. The predicted molar refractivity (Wildman–Crippen MR) is 71.8 cm³/mol. The van der Waals surface area contributed by atoms with Crippen LogP contribution < -0.4 is 24.8 Å². The van der Waals surface area contributed by atoms with E-state index in [-0.39, 0.29) is 24.8 Å². The summed E-state index contributed by atoms with van der Waals surface area (Å²) < 4.78 is 6.98. The number of halogens is 2. The largest absolute Gasteiger partial charge is 1.00 e. The van der Waals surface area contributed by atoms with Crippen molar-refractivity contribution < 1.29 is 41.4 Å². The van der Waals surface area contributed by atoms with Gasteiger partial charge in [-0.15, -0.1) is 0 Å². The number of hydrogen-bond acceptors (Lipinski definition) is 0. The molecule has 0 amide bonds. The van der Waals surface area contributed by atoms with Crippen molar-refractivity contribution in [3.63, 3.8) is 0 Å². The van der Waals surface area contributed by atoms with E-state index in [0.717, 1.165) is 0 Å². The van der Waals surface area contributed by atoms with Crippen molar-refractivity contribution >= 4 is 0 Å². The molecule has 19 heavy (non-hydrogen) atoms. The van der Waals surface area contributed by atoms with Gasteiger partial charge >= 0.3 is 109 Å². The van der Waals surface area contributed by atoms with E-state index in [1.165, 1.54) is 12.8 Å². The van der Waals surface area contributed by atoms with Gasteiger partial charge in [-0.3, -0.25) is 0 Å². The van der Waals surface area contributed by atoms with Gasteiger partial charge in [-0.25, -0.2) is 0 Å². The third kappa shape index (κ3) is 2.58. The molecule has 3 rings (SSSR count). The molecule has 1 aliphatic heterocycles. The monoisotopic (exact) mass is 332 g/mol. The second kappa shape index (κ2) is 5.94. The van der Waals surface area contributed by atoms with Crippen LogP contribution in [0.25, 0.3) is 0 Å². The summed E-state index contributed by atoms with van der Waals surface area (Å²) in [5, 5.41) is 0. The number of allylic oxidation sites excluding steroid dienone is 8. The third-order valence-electron chi connectivity index (χ3n) is 5.22. The van der Waals surface area contributed by atoms with Crippen molar-refractivity contribution in [1.29, 1.82) is 0 Å². The third-order valence-corrected chi connectivity index (χ3v) is 13.0. The molecule has 0 bridgehead atoms. The van der Waals surface area contributed by atoms with Crippen molar-refractivity contribution in [2.75, 3.05) is 0 Å². The van der Waals surface area contributed by atoms with E-state index in [9.17, 15) is 0 Å². The van der Waals surface area contributed by atoms with E-state index in [2.05, 4.69) is 39.8 Å². The molecular formula is C16H22Cl2Ti. The van der Waals surface area contributed by atoms with Crippen molar-refractivity contribution in [3.05, 3.63) is 42.2 Å². The van der Waals surface area contributed by atoms with Crippen LogP contribution in [0.5, 0.6) is 0 Å². The Labute approximate surface area is 133 Å². The molecule has 0 aromatic heterocycles. The van der Waals surface area contributed by atoms with Crippen LogP contribution in [0.4, 0.5) is 0 Å². The Bertz CT molecular complexity index is 473. The zero-order valence-electron chi connectivity index (χ0n) is 12.2. The molecule has 0 N–H and O–H groups in total.